The average molecular weight is 489 g/mol. The van der Waals surface area contributed by atoms with Crippen molar-refractivity contribution in [2.75, 3.05) is 52.5 Å². The molecule has 0 bridgehead atoms. The summed E-state index contributed by atoms with van der Waals surface area (Å²) in [6.07, 6.45) is 11.0. The van der Waals surface area contributed by atoms with E-state index in [0.717, 1.165) is 69.9 Å². The van der Waals surface area contributed by atoms with Crippen LogP contribution in [-0.4, -0.2) is 62.3 Å². The largest absolute Gasteiger partial charge is 0.494 e. The Morgan fingerprint density at radius 2 is 1.28 bits per heavy atom. The van der Waals surface area contributed by atoms with Crippen molar-refractivity contribution in [2.24, 2.45) is 0 Å². The molecule has 2 saturated heterocycles. The predicted molar refractivity (Wildman–Crippen MR) is 149 cm³/mol. The van der Waals surface area contributed by atoms with Gasteiger partial charge in [-0.2, -0.15) is 0 Å². The van der Waals surface area contributed by atoms with Gasteiger partial charge in [0, 0.05) is 13.1 Å². The van der Waals surface area contributed by atoms with Gasteiger partial charge in [0.05, 0.1) is 13.2 Å². The van der Waals surface area contributed by atoms with Crippen LogP contribution in [0.1, 0.15) is 75.0 Å². The fraction of sp³-hybridized carbons (Fsp3) is 0.562. The molecule has 0 unspecified atom stereocenters. The van der Waals surface area contributed by atoms with Crippen LogP contribution in [0.25, 0.3) is 5.57 Å². The second-order valence-corrected chi connectivity index (χ2v) is 10.7. The van der Waals surface area contributed by atoms with Gasteiger partial charge in [-0.1, -0.05) is 30.7 Å². The van der Waals surface area contributed by atoms with E-state index in [1.54, 1.807) is 5.57 Å². The highest BCUT2D eigenvalue weighted by atomic mass is 16.5. The summed E-state index contributed by atoms with van der Waals surface area (Å²) in [6.45, 7) is 11.3. The van der Waals surface area contributed by atoms with Crippen LogP contribution in [0.5, 0.6) is 11.5 Å². The minimum atomic E-state index is 0.794. The van der Waals surface area contributed by atoms with Crippen LogP contribution >= 0.6 is 0 Å². The number of likely N-dealkylation sites (tertiary alicyclic amines) is 2. The van der Waals surface area contributed by atoms with Crippen molar-refractivity contribution < 1.29 is 9.47 Å². The minimum Gasteiger partial charge on any atom is -0.494 e. The quantitative estimate of drug-likeness (QED) is 0.315. The highest BCUT2D eigenvalue weighted by molar-refractivity contribution is 5.85. The van der Waals surface area contributed by atoms with Crippen molar-refractivity contribution in [1.29, 1.82) is 0 Å². The normalized spacial score (nSPS) is 18.6. The number of aryl methyl sites for hydroxylation is 1. The summed E-state index contributed by atoms with van der Waals surface area (Å²) in [7, 11) is 0. The van der Waals surface area contributed by atoms with Crippen molar-refractivity contribution in [3.8, 4) is 11.5 Å². The van der Waals surface area contributed by atoms with Crippen molar-refractivity contribution in [3.63, 3.8) is 0 Å². The van der Waals surface area contributed by atoms with Crippen molar-refractivity contribution in [1.82, 2.24) is 9.80 Å². The smallest absolute Gasteiger partial charge is 0.119 e. The molecule has 2 aliphatic heterocycles. The zero-order chi connectivity index (χ0) is 24.6. The lowest BCUT2D eigenvalue weighted by molar-refractivity contribution is 0.263. The molecule has 5 rings (SSSR count). The van der Waals surface area contributed by atoms with E-state index in [0.29, 0.717) is 0 Å². The lowest BCUT2D eigenvalue weighted by atomic mass is 9.81. The molecule has 3 aliphatic rings. The van der Waals surface area contributed by atoms with Gasteiger partial charge in [0.25, 0.3) is 0 Å². The molecule has 0 aromatic heterocycles. The molecule has 0 atom stereocenters. The number of ether oxygens (including phenoxy) is 2. The summed E-state index contributed by atoms with van der Waals surface area (Å²) in [5, 5.41) is 0. The molecule has 2 aromatic rings. The number of allylic oxidation sites excluding steroid dienone is 1. The van der Waals surface area contributed by atoms with E-state index in [1.165, 1.54) is 74.1 Å². The monoisotopic (exact) mass is 488 g/mol. The molecule has 4 nitrogen and oxygen atoms in total. The highest BCUT2D eigenvalue weighted by Crippen LogP contribution is 2.39. The zero-order valence-electron chi connectivity index (χ0n) is 22.3. The number of hydrogen-bond acceptors (Lipinski definition) is 4. The molecular weight excluding hydrogens is 444 g/mol. The number of hydrogen-bond donors (Lipinski definition) is 0. The predicted octanol–water partition coefficient (Wildman–Crippen LogP) is 6.57. The van der Waals surface area contributed by atoms with Crippen LogP contribution < -0.4 is 9.47 Å². The van der Waals surface area contributed by atoms with Crippen LogP contribution in [0, 0.1) is 0 Å². The van der Waals surface area contributed by atoms with Crippen LogP contribution in [0.2, 0.25) is 0 Å². The van der Waals surface area contributed by atoms with Gasteiger partial charge in [-0.05, 0) is 130 Å². The summed E-state index contributed by atoms with van der Waals surface area (Å²) >= 11 is 0. The van der Waals surface area contributed by atoms with E-state index in [4.69, 9.17) is 9.47 Å². The molecule has 4 heteroatoms. The summed E-state index contributed by atoms with van der Waals surface area (Å²) in [4.78, 5) is 5.11. The Bertz CT molecular complexity index is 1000. The van der Waals surface area contributed by atoms with Crippen LogP contribution in [0.3, 0.4) is 0 Å². The maximum atomic E-state index is 6.16. The zero-order valence-corrected chi connectivity index (χ0v) is 22.3. The summed E-state index contributed by atoms with van der Waals surface area (Å²) < 4.78 is 12.2. The Kier molecular flexibility index (Phi) is 9.00. The van der Waals surface area contributed by atoms with Gasteiger partial charge in [-0.25, -0.2) is 0 Å². The van der Waals surface area contributed by atoms with Crippen molar-refractivity contribution in [2.45, 2.75) is 64.7 Å². The van der Waals surface area contributed by atoms with Gasteiger partial charge in [0.2, 0.25) is 0 Å². The first-order valence-electron chi connectivity index (χ1n) is 14.5. The molecule has 36 heavy (non-hydrogen) atoms. The summed E-state index contributed by atoms with van der Waals surface area (Å²) in [5.74, 6) is 2.00. The lowest BCUT2D eigenvalue weighted by Gasteiger charge is -2.24. The maximum absolute atomic E-state index is 6.16. The second-order valence-electron chi connectivity index (χ2n) is 10.7. The Balaban J connectivity index is 1.18. The summed E-state index contributed by atoms with van der Waals surface area (Å²) in [6, 6.07) is 15.5. The van der Waals surface area contributed by atoms with Gasteiger partial charge >= 0.3 is 0 Å². The van der Waals surface area contributed by atoms with Gasteiger partial charge in [0.15, 0.2) is 0 Å². The molecule has 2 heterocycles. The molecule has 0 radical (unpaired) electrons. The third-order valence-electron chi connectivity index (χ3n) is 8.14. The van der Waals surface area contributed by atoms with Crippen molar-refractivity contribution in [3.05, 3.63) is 64.7 Å². The maximum Gasteiger partial charge on any atom is 0.119 e. The van der Waals surface area contributed by atoms with E-state index in [2.05, 4.69) is 59.2 Å². The first-order valence-corrected chi connectivity index (χ1v) is 14.5. The van der Waals surface area contributed by atoms with Gasteiger partial charge in [-0.15, -0.1) is 0 Å². The van der Waals surface area contributed by atoms with E-state index < -0.39 is 0 Å². The topological polar surface area (TPSA) is 24.9 Å². The molecule has 0 N–H and O–H groups in total. The number of nitrogens with zero attached hydrogens (tertiary/aromatic N) is 2. The second kappa shape index (κ2) is 12.8. The first kappa shape index (κ1) is 25.4. The fourth-order valence-corrected chi connectivity index (χ4v) is 6.11. The molecular formula is C32H44N2O2. The number of benzene rings is 2. The number of rotatable bonds is 12. The molecule has 2 aromatic carbocycles. The number of fused-ring (bicyclic) bond motifs is 1. The molecule has 194 valence electrons. The minimum absolute atomic E-state index is 0.794. The molecule has 0 saturated carbocycles. The van der Waals surface area contributed by atoms with Crippen LogP contribution in [0.4, 0.5) is 0 Å². The average Bonchev–Trinajstić information content (AvgIpc) is 3.63. The Morgan fingerprint density at radius 1 is 0.694 bits per heavy atom. The van der Waals surface area contributed by atoms with Gasteiger partial charge in [-0.3, -0.25) is 0 Å². The van der Waals surface area contributed by atoms with Crippen molar-refractivity contribution >= 4 is 5.57 Å². The first-order chi connectivity index (χ1) is 17.8. The molecule has 1 aliphatic carbocycles. The van der Waals surface area contributed by atoms with Gasteiger partial charge in [0.1, 0.15) is 11.5 Å². The highest BCUT2D eigenvalue weighted by Gasteiger charge is 2.20. The summed E-state index contributed by atoms with van der Waals surface area (Å²) in [5.41, 5.74) is 7.07. The Morgan fingerprint density at radius 3 is 1.89 bits per heavy atom. The van der Waals surface area contributed by atoms with E-state index in [-0.39, 0.29) is 0 Å². The van der Waals surface area contributed by atoms with Crippen LogP contribution in [0.15, 0.2) is 48.0 Å². The molecule has 0 amide bonds. The van der Waals surface area contributed by atoms with E-state index in [1.807, 2.05) is 0 Å². The Hall–Kier alpha value is -2.30. The Labute approximate surface area is 218 Å². The standard InChI is InChI=1S/C32H44N2O2/c1-2-26-9-10-28-25-30(36-24-8-22-34-19-5-6-20-34)15-16-31(28)32(26)27-11-13-29(14-12-27)35-23-7-21-33-17-3-4-18-33/h11-16,25H,2-10,17-24H2,1H3. The van der Waals surface area contributed by atoms with Crippen LogP contribution in [-0.2, 0) is 6.42 Å². The fourth-order valence-electron chi connectivity index (χ4n) is 6.11. The lowest BCUT2D eigenvalue weighted by Crippen LogP contribution is -2.21. The van der Waals surface area contributed by atoms with E-state index >= 15 is 0 Å². The van der Waals surface area contributed by atoms with Gasteiger partial charge < -0.3 is 19.3 Å². The molecule has 0 spiro atoms. The molecule has 2 fully saturated rings. The van der Waals surface area contributed by atoms with E-state index in [9.17, 15) is 0 Å². The SMILES string of the molecule is CCC1=C(c2ccc(OCCCN3CCCC3)cc2)c2ccc(OCCCN3CCCC3)cc2CC1. The third-order valence-corrected chi connectivity index (χ3v) is 8.14. The third kappa shape index (κ3) is 6.52.